The number of piperidine rings is 1. The molecular formula is C25H28F6N6O3S. The van der Waals surface area contributed by atoms with E-state index in [4.69, 9.17) is 0 Å². The molecule has 9 nitrogen and oxygen atoms in total. The van der Waals surface area contributed by atoms with Crippen LogP contribution in [0.15, 0.2) is 53.4 Å². The Balaban J connectivity index is 0.00000226. The van der Waals surface area contributed by atoms with E-state index in [1.807, 2.05) is 6.92 Å². The minimum atomic E-state index is -4.70. The Labute approximate surface area is 232 Å². The maximum Gasteiger partial charge on any atom is 0.422 e. The lowest BCUT2D eigenvalue weighted by atomic mass is 10.0. The molecule has 2 aromatic carbocycles. The van der Waals surface area contributed by atoms with Crippen molar-refractivity contribution in [2.75, 3.05) is 19.7 Å². The zero-order valence-electron chi connectivity index (χ0n) is 21.8. The van der Waals surface area contributed by atoms with E-state index in [0.717, 1.165) is 31.0 Å². The first-order chi connectivity index (χ1) is 19.2. The summed E-state index contributed by atoms with van der Waals surface area (Å²) in [6.45, 7) is 1.13. The fourth-order valence-electron chi connectivity index (χ4n) is 4.13. The number of hydrogen-bond acceptors (Lipinski definition) is 8. The number of hydrogen-bond donors (Lipinski definition) is 2. The van der Waals surface area contributed by atoms with Crippen molar-refractivity contribution < 1.29 is 39.5 Å². The highest BCUT2D eigenvalue weighted by Gasteiger charge is 2.32. The van der Waals surface area contributed by atoms with Crippen LogP contribution in [0.4, 0.5) is 26.3 Å². The van der Waals surface area contributed by atoms with Gasteiger partial charge in [-0.25, -0.2) is 13.4 Å². The van der Waals surface area contributed by atoms with Gasteiger partial charge in [0, 0.05) is 25.1 Å². The number of rotatable bonds is 7. The number of halogens is 6. The molecule has 0 radical (unpaired) electrons. The van der Waals surface area contributed by atoms with E-state index >= 15 is 0 Å². The third-order valence-corrected chi connectivity index (χ3v) is 7.90. The molecule has 224 valence electrons. The van der Waals surface area contributed by atoms with E-state index in [1.165, 1.54) is 34.6 Å². The first-order valence-corrected chi connectivity index (χ1v) is 13.7. The Hall–Kier alpha value is -3.34. The Bertz CT molecular complexity index is 1420. The zero-order chi connectivity index (χ0) is 30.4. The summed E-state index contributed by atoms with van der Waals surface area (Å²) in [5, 5.41) is 0. The average molecular weight is 607 g/mol. The SMILES string of the molecule is CC1CCCN(S(=O)(=O)c2ccc(Cc3nc(OCC(F)(F)F)nc(-c4cccc(C(F)(F)F)c4)n3)cc2)C1.NN. The van der Waals surface area contributed by atoms with Gasteiger partial charge in [0.1, 0.15) is 5.82 Å². The van der Waals surface area contributed by atoms with Crippen molar-refractivity contribution >= 4 is 10.0 Å². The molecule has 1 aliphatic heterocycles. The van der Waals surface area contributed by atoms with Gasteiger partial charge in [0.25, 0.3) is 0 Å². The quantitative estimate of drug-likeness (QED) is 0.230. The summed E-state index contributed by atoms with van der Waals surface area (Å²) < 4.78 is 110. The molecule has 2 heterocycles. The van der Waals surface area contributed by atoms with Gasteiger partial charge >= 0.3 is 18.4 Å². The van der Waals surface area contributed by atoms with Crippen LogP contribution in [0.5, 0.6) is 6.01 Å². The largest absolute Gasteiger partial charge is 0.454 e. The second-order valence-electron chi connectivity index (χ2n) is 9.27. The number of aromatic nitrogens is 3. The van der Waals surface area contributed by atoms with Crippen molar-refractivity contribution in [2.45, 2.75) is 43.4 Å². The van der Waals surface area contributed by atoms with Crippen LogP contribution in [0.2, 0.25) is 0 Å². The molecule has 1 atom stereocenters. The molecule has 1 fully saturated rings. The van der Waals surface area contributed by atoms with Crippen LogP contribution >= 0.6 is 0 Å². The Morgan fingerprint density at radius 2 is 1.68 bits per heavy atom. The minimum absolute atomic E-state index is 0.0715. The molecule has 0 spiro atoms. The van der Waals surface area contributed by atoms with Crippen LogP contribution in [-0.4, -0.2) is 53.5 Å². The summed E-state index contributed by atoms with van der Waals surface area (Å²) in [6.07, 6.45) is -7.71. The molecule has 1 aromatic heterocycles. The molecule has 4 rings (SSSR count). The van der Waals surface area contributed by atoms with Gasteiger partial charge in [-0.1, -0.05) is 31.2 Å². The van der Waals surface area contributed by atoms with Crippen molar-refractivity contribution in [1.29, 1.82) is 0 Å². The zero-order valence-corrected chi connectivity index (χ0v) is 22.6. The van der Waals surface area contributed by atoms with Crippen LogP contribution in [0.1, 0.15) is 36.7 Å². The summed E-state index contributed by atoms with van der Waals surface area (Å²) in [7, 11) is -3.70. The predicted molar refractivity (Wildman–Crippen MR) is 137 cm³/mol. The van der Waals surface area contributed by atoms with Gasteiger partial charge in [-0.3, -0.25) is 11.7 Å². The number of nitrogens with two attached hydrogens (primary N) is 2. The second-order valence-corrected chi connectivity index (χ2v) is 11.2. The lowest BCUT2D eigenvalue weighted by molar-refractivity contribution is -0.154. The van der Waals surface area contributed by atoms with Crippen molar-refractivity contribution in [1.82, 2.24) is 19.3 Å². The van der Waals surface area contributed by atoms with E-state index in [1.54, 1.807) is 0 Å². The molecule has 0 aliphatic carbocycles. The summed E-state index contributed by atoms with van der Waals surface area (Å²) in [5.41, 5.74) is -0.564. The minimum Gasteiger partial charge on any atom is -0.454 e. The summed E-state index contributed by atoms with van der Waals surface area (Å²) >= 11 is 0. The predicted octanol–water partition coefficient (Wildman–Crippen LogP) is 4.33. The Morgan fingerprint density at radius 3 is 2.29 bits per heavy atom. The van der Waals surface area contributed by atoms with Crippen LogP contribution in [0.25, 0.3) is 11.4 Å². The van der Waals surface area contributed by atoms with E-state index < -0.39 is 40.6 Å². The smallest absolute Gasteiger partial charge is 0.422 e. The summed E-state index contributed by atoms with van der Waals surface area (Å²) in [5.74, 6) is 7.87. The lowest BCUT2D eigenvalue weighted by Crippen LogP contribution is -2.39. The molecule has 1 aliphatic rings. The van der Waals surface area contributed by atoms with Crippen LogP contribution in [-0.2, 0) is 22.6 Å². The molecule has 0 bridgehead atoms. The molecular weight excluding hydrogens is 578 g/mol. The van der Waals surface area contributed by atoms with E-state index in [-0.39, 0.29) is 34.4 Å². The highest BCUT2D eigenvalue weighted by atomic mass is 32.2. The monoisotopic (exact) mass is 606 g/mol. The molecule has 41 heavy (non-hydrogen) atoms. The first kappa shape index (κ1) is 32.2. The van der Waals surface area contributed by atoms with Crippen LogP contribution in [0, 0.1) is 5.92 Å². The molecule has 0 amide bonds. The van der Waals surface area contributed by atoms with Crippen LogP contribution in [0.3, 0.4) is 0 Å². The topological polar surface area (TPSA) is 137 Å². The van der Waals surface area contributed by atoms with Crippen LogP contribution < -0.4 is 16.4 Å². The molecule has 4 N–H and O–H groups in total. The molecule has 16 heteroatoms. The number of nitrogens with zero attached hydrogens (tertiary/aromatic N) is 4. The maximum atomic E-state index is 13.2. The standard InChI is InChI=1S/C25H24F6N4O3S.H4N2/c1-16-4-3-11-35(14-16)39(36,37)20-9-7-17(8-10-20)12-21-32-22(34-23(33-21)38-15-24(26,27)28)18-5-2-6-19(13-18)25(29,30)31;1-2/h2,5-10,13,16H,3-4,11-12,14-15H2,1H3;1-2H2. The third kappa shape index (κ3) is 8.82. The highest BCUT2D eigenvalue weighted by molar-refractivity contribution is 7.89. The third-order valence-electron chi connectivity index (χ3n) is 6.02. The van der Waals surface area contributed by atoms with Crippen molar-refractivity contribution in [3.05, 3.63) is 65.5 Å². The molecule has 1 unspecified atom stereocenters. The number of sulfonamides is 1. The van der Waals surface area contributed by atoms with Gasteiger partial charge in [0.05, 0.1) is 10.5 Å². The summed E-state index contributed by atoms with van der Waals surface area (Å²) in [4.78, 5) is 11.9. The van der Waals surface area contributed by atoms with Gasteiger partial charge in [0.2, 0.25) is 10.0 Å². The van der Waals surface area contributed by atoms with E-state index in [0.29, 0.717) is 18.7 Å². The fourth-order valence-corrected chi connectivity index (χ4v) is 5.73. The van der Waals surface area contributed by atoms with Crippen molar-refractivity contribution in [2.24, 2.45) is 17.6 Å². The fraction of sp³-hybridized carbons (Fsp3) is 0.400. The number of ether oxygens (including phenoxy) is 1. The highest BCUT2D eigenvalue weighted by Crippen LogP contribution is 2.32. The normalized spacial score (nSPS) is 16.6. The van der Waals surface area contributed by atoms with E-state index in [9.17, 15) is 34.8 Å². The Kier molecular flexibility index (Phi) is 10.3. The van der Waals surface area contributed by atoms with Gasteiger partial charge in [-0.05, 0) is 48.6 Å². The van der Waals surface area contributed by atoms with Crippen molar-refractivity contribution in [3.63, 3.8) is 0 Å². The molecule has 3 aromatic rings. The number of hydrazine groups is 1. The van der Waals surface area contributed by atoms with Gasteiger partial charge in [-0.2, -0.15) is 40.6 Å². The average Bonchev–Trinajstić information content (AvgIpc) is 2.92. The number of benzene rings is 2. The van der Waals surface area contributed by atoms with E-state index in [2.05, 4.69) is 31.4 Å². The lowest BCUT2D eigenvalue weighted by Gasteiger charge is -2.30. The maximum absolute atomic E-state index is 13.2. The van der Waals surface area contributed by atoms with Crippen molar-refractivity contribution in [3.8, 4) is 17.4 Å². The first-order valence-electron chi connectivity index (χ1n) is 12.3. The molecule has 1 saturated heterocycles. The Morgan fingerprint density at radius 1 is 1.00 bits per heavy atom. The second kappa shape index (κ2) is 13.1. The number of alkyl halides is 6. The van der Waals surface area contributed by atoms with Gasteiger partial charge in [-0.15, -0.1) is 0 Å². The van der Waals surface area contributed by atoms with Gasteiger partial charge < -0.3 is 4.74 Å². The summed E-state index contributed by atoms with van der Waals surface area (Å²) in [6, 6.07) is 9.18. The van der Waals surface area contributed by atoms with Gasteiger partial charge in [0.15, 0.2) is 12.4 Å². The molecule has 0 saturated carbocycles.